The van der Waals surface area contributed by atoms with Gasteiger partial charge in [-0.05, 0) is 38.1 Å². The van der Waals surface area contributed by atoms with Crippen LogP contribution in [0.3, 0.4) is 0 Å². The minimum Gasteiger partial charge on any atom is -0.350 e. The van der Waals surface area contributed by atoms with Crippen LogP contribution in [0.4, 0.5) is 0 Å². The van der Waals surface area contributed by atoms with Crippen molar-refractivity contribution in [3.05, 3.63) is 53.1 Å². The summed E-state index contributed by atoms with van der Waals surface area (Å²) in [6.45, 7) is 3.68. The molecule has 0 aliphatic heterocycles. The molecule has 1 amide bonds. The van der Waals surface area contributed by atoms with Crippen molar-refractivity contribution in [3.8, 4) is 0 Å². The minimum atomic E-state index is -3.68. The van der Waals surface area contributed by atoms with E-state index in [2.05, 4.69) is 15.3 Å². The Morgan fingerprint density at radius 2 is 1.76 bits per heavy atom. The van der Waals surface area contributed by atoms with Crippen LogP contribution < -0.4 is 5.32 Å². The summed E-state index contributed by atoms with van der Waals surface area (Å²) in [4.78, 5) is 20.1. The number of amides is 1. The largest absolute Gasteiger partial charge is 0.350 e. The van der Waals surface area contributed by atoms with E-state index in [0.29, 0.717) is 16.4 Å². The van der Waals surface area contributed by atoms with Crippen molar-refractivity contribution in [2.24, 2.45) is 0 Å². The number of rotatable bonds is 6. The van der Waals surface area contributed by atoms with E-state index >= 15 is 0 Å². The third-order valence-corrected chi connectivity index (χ3v) is 5.34. The SMILES string of the molecule is CC(C)NC(=O)c1cnc(CN(C)S(=O)(=O)c2ccc(Cl)cc2)nc1. The van der Waals surface area contributed by atoms with Gasteiger partial charge >= 0.3 is 0 Å². The number of sulfonamides is 1. The van der Waals surface area contributed by atoms with E-state index in [4.69, 9.17) is 11.6 Å². The van der Waals surface area contributed by atoms with E-state index in [1.807, 2.05) is 13.8 Å². The molecular formula is C16H19ClN4O3S. The van der Waals surface area contributed by atoms with Gasteiger partial charge in [-0.15, -0.1) is 0 Å². The Morgan fingerprint density at radius 3 is 2.28 bits per heavy atom. The second kappa shape index (κ2) is 7.90. The van der Waals surface area contributed by atoms with Crippen molar-refractivity contribution in [2.45, 2.75) is 31.3 Å². The van der Waals surface area contributed by atoms with Gasteiger partial charge in [-0.1, -0.05) is 11.6 Å². The molecule has 1 heterocycles. The van der Waals surface area contributed by atoms with Gasteiger partial charge in [0.05, 0.1) is 17.0 Å². The summed E-state index contributed by atoms with van der Waals surface area (Å²) in [7, 11) is -2.24. The average Bonchev–Trinajstić information content (AvgIpc) is 2.55. The number of hydrogen-bond acceptors (Lipinski definition) is 5. The lowest BCUT2D eigenvalue weighted by molar-refractivity contribution is 0.0942. The fourth-order valence-corrected chi connectivity index (χ4v) is 3.22. The topological polar surface area (TPSA) is 92.3 Å². The second-order valence-electron chi connectivity index (χ2n) is 5.73. The zero-order valence-corrected chi connectivity index (χ0v) is 15.7. The number of nitrogens with one attached hydrogen (secondary N) is 1. The van der Waals surface area contributed by atoms with Crippen LogP contribution in [0.1, 0.15) is 30.0 Å². The Kier molecular flexibility index (Phi) is 6.10. The van der Waals surface area contributed by atoms with E-state index in [9.17, 15) is 13.2 Å². The van der Waals surface area contributed by atoms with Gasteiger partial charge in [-0.2, -0.15) is 4.31 Å². The molecule has 7 nitrogen and oxygen atoms in total. The highest BCUT2D eigenvalue weighted by Crippen LogP contribution is 2.18. The molecule has 0 fully saturated rings. The summed E-state index contributed by atoms with van der Waals surface area (Å²) in [5, 5.41) is 3.19. The first kappa shape index (κ1) is 19.3. The van der Waals surface area contributed by atoms with Crippen molar-refractivity contribution >= 4 is 27.5 Å². The summed E-state index contributed by atoms with van der Waals surface area (Å²) < 4.78 is 26.2. The van der Waals surface area contributed by atoms with Crippen molar-refractivity contribution < 1.29 is 13.2 Å². The summed E-state index contributed by atoms with van der Waals surface area (Å²) in [5.41, 5.74) is 0.320. The molecule has 0 radical (unpaired) electrons. The number of hydrogen-bond donors (Lipinski definition) is 1. The molecule has 0 aliphatic carbocycles. The first-order chi connectivity index (χ1) is 11.7. The van der Waals surface area contributed by atoms with Crippen molar-refractivity contribution in [2.75, 3.05) is 7.05 Å². The Hall–Kier alpha value is -2.03. The minimum absolute atomic E-state index is 0.00262. The monoisotopic (exact) mass is 382 g/mol. The molecule has 1 aromatic carbocycles. The van der Waals surface area contributed by atoms with Gasteiger partial charge in [-0.3, -0.25) is 4.79 Å². The van der Waals surface area contributed by atoms with Gasteiger partial charge in [0.2, 0.25) is 10.0 Å². The zero-order chi connectivity index (χ0) is 18.6. The fraction of sp³-hybridized carbons (Fsp3) is 0.312. The summed E-state index contributed by atoms with van der Waals surface area (Å²) >= 11 is 5.78. The number of halogens is 1. The highest BCUT2D eigenvalue weighted by Gasteiger charge is 2.21. The highest BCUT2D eigenvalue weighted by atomic mass is 35.5. The van der Waals surface area contributed by atoms with Crippen LogP contribution in [0.5, 0.6) is 0 Å². The maximum atomic E-state index is 12.5. The van der Waals surface area contributed by atoms with E-state index in [-0.39, 0.29) is 23.4 Å². The van der Waals surface area contributed by atoms with Gasteiger partial charge in [0.25, 0.3) is 5.91 Å². The quantitative estimate of drug-likeness (QED) is 0.825. The average molecular weight is 383 g/mol. The molecule has 0 atom stereocenters. The standard InChI is InChI=1S/C16H19ClN4O3S/c1-11(2)20-16(22)12-8-18-15(19-9-12)10-21(3)25(23,24)14-6-4-13(17)5-7-14/h4-9,11H,10H2,1-3H3,(H,20,22). The van der Waals surface area contributed by atoms with Crippen LogP contribution in [0.2, 0.25) is 5.02 Å². The molecule has 2 rings (SSSR count). The van der Waals surface area contributed by atoms with Crippen molar-refractivity contribution in [3.63, 3.8) is 0 Å². The number of benzene rings is 1. The van der Waals surface area contributed by atoms with E-state index in [1.165, 1.54) is 43.7 Å². The molecular weight excluding hydrogens is 364 g/mol. The van der Waals surface area contributed by atoms with Crippen molar-refractivity contribution in [1.82, 2.24) is 19.6 Å². The normalized spacial score (nSPS) is 11.8. The molecule has 0 unspecified atom stereocenters. The van der Waals surface area contributed by atoms with Crippen molar-refractivity contribution in [1.29, 1.82) is 0 Å². The lowest BCUT2D eigenvalue weighted by atomic mass is 10.3. The lowest BCUT2D eigenvalue weighted by Crippen LogP contribution is -2.30. The summed E-state index contributed by atoms with van der Waals surface area (Å²) in [6.07, 6.45) is 2.76. The van der Waals surface area contributed by atoms with Crippen LogP contribution in [-0.4, -0.2) is 41.7 Å². The molecule has 0 saturated carbocycles. The summed E-state index contributed by atoms with van der Waals surface area (Å²) in [5.74, 6) is 0.0184. The molecule has 9 heteroatoms. The van der Waals surface area contributed by atoms with Crippen LogP contribution in [0, 0.1) is 0 Å². The predicted molar refractivity (Wildman–Crippen MR) is 94.7 cm³/mol. The maximum absolute atomic E-state index is 12.5. The van der Waals surface area contributed by atoms with Crippen LogP contribution >= 0.6 is 11.6 Å². The first-order valence-corrected chi connectivity index (χ1v) is 9.35. The van der Waals surface area contributed by atoms with Gasteiger partial charge in [-0.25, -0.2) is 18.4 Å². The number of carbonyl (C=O) groups excluding carboxylic acids is 1. The third kappa shape index (κ3) is 4.97. The van der Waals surface area contributed by atoms with Crippen LogP contribution in [-0.2, 0) is 16.6 Å². The third-order valence-electron chi connectivity index (χ3n) is 3.27. The summed E-state index contributed by atoms with van der Waals surface area (Å²) in [6, 6.07) is 5.91. The molecule has 2 aromatic rings. The van der Waals surface area contributed by atoms with Crippen LogP contribution in [0.15, 0.2) is 41.6 Å². The van der Waals surface area contributed by atoms with Gasteiger partial charge in [0, 0.05) is 30.5 Å². The first-order valence-electron chi connectivity index (χ1n) is 7.54. The molecule has 1 aromatic heterocycles. The van der Waals surface area contributed by atoms with Crippen LogP contribution in [0.25, 0.3) is 0 Å². The van der Waals surface area contributed by atoms with E-state index in [0.717, 1.165) is 4.31 Å². The second-order valence-corrected chi connectivity index (χ2v) is 8.21. The Labute approximate surface area is 152 Å². The highest BCUT2D eigenvalue weighted by molar-refractivity contribution is 7.89. The van der Waals surface area contributed by atoms with Gasteiger partial charge < -0.3 is 5.32 Å². The Bertz CT molecular complexity index is 837. The molecule has 0 aliphatic rings. The molecule has 25 heavy (non-hydrogen) atoms. The zero-order valence-electron chi connectivity index (χ0n) is 14.1. The van der Waals surface area contributed by atoms with E-state index < -0.39 is 10.0 Å². The smallest absolute Gasteiger partial charge is 0.254 e. The molecule has 0 saturated heterocycles. The Balaban J connectivity index is 2.11. The Morgan fingerprint density at radius 1 is 1.20 bits per heavy atom. The van der Waals surface area contributed by atoms with Gasteiger partial charge in [0.15, 0.2) is 0 Å². The number of aromatic nitrogens is 2. The molecule has 1 N–H and O–H groups in total. The lowest BCUT2D eigenvalue weighted by Gasteiger charge is -2.16. The van der Waals surface area contributed by atoms with E-state index in [1.54, 1.807) is 0 Å². The number of carbonyl (C=O) groups is 1. The van der Waals surface area contributed by atoms with Gasteiger partial charge in [0.1, 0.15) is 5.82 Å². The predicted octanol–water partition coefficient (Wildman–Crippen LogP) is 2.09. The number of nitrogens with zero attached hydrogens (tertiary/aromatic N) is 3. The molecule has 134 valence electrons. The molecule has 0 spiro atoms. The maximum Gasteiger partial charge on any atom is 0.254 e. The molecule has 0 bridgehead atoms. The fourth-order valence-electron chi connectivity index (χ4n) is 1.97.